The number of carbonyl (C=O) groups is 2. The van der Waals surface area contributed by atoms with Crippen LogP contribution in [0.5, 0.6) is 5.75 Å². The molecule has 5 nitrogen and oxygen atoms in total. The van der Waals surface area contributed by atoms with Crippen LogP contribution in [-0.2, 0) is 9.59 Å². The molecule has 0 heterocycles. The van der Waals surface area contributed by atoms with Crippen molar-refractivity contribution >= 4 is 11.9 Å². The third kappa shape index (κ3) is 6.40. The molecule has 1 amide bonds. The van der Waals surface area contributed by atoms with E-state index in [1.54, 1.807) is 12.1 Å². The SMILES string of the molecule is CC(CC1CCCCC1)C(=O)NC(C)c1ccc(OCC(=O)O)cc1. The Morgan fingerprint density at radius 2 is 1.80 bits per heavy atom. The summed E-state index contributed by atoms with van der Waals surface area (Å²) >= 11 is 0. The van der Waals surface area contributed by atoms with Gasteiger partial charge in [-0.25, -0.2) is 4.79 Å². The number of amides is 1. The lowest BCUT2D eigenvalue weighted by molar-refractivity contribution is -0.139. The minimum absolute atomic E-state index is 0.0312. The van der Waals surface area contributed by atoms with Gasteiger partial charge in [-0.1, -0.05) is 51.2 Å². The molecule has 0 spiro atoms. The number of benzene rings is 1. The fourth-order valence-corrected chi connectivity index (χ4v) is 3.47. The molecule has 0 aliphatic heterocycles. The Morgan fingerprint density at radius 3 is 2.40 bits per heavy atom. The van der Waals surface area contributed by atoms with Crippen LogP contribution in [-0.4, -0.2) is 23.6 Å². The summed E-state index contributed by atoms with van der Waals surface area (Å²) in [5.41, 5.74) is 0.973. The van der Waals surface area contributed by atoms with Crippen molar-refractivity contribution in [3.63, 3.8) is 0 Å². The van der Waals surface area contributed by atoms with Gasteiger partial charge in [0.2, 0.25) is 5.91 Å². The van der Waals surface area contributed by atoms with Crippen LogP contribution < -0.4 is 10.1 Å². The minimum atomic E-state index is -1.00. The van der Waals surface area contributed by atoms with E-state index in [9.17, 15) is 9.59 Å². The Morgan fingerprint density at radius 1 is 1.16 bits per heavy atom. The number of carboxylic acids is 1. The number of rotatable bonds is 8. The van der Waals surface area contributed by atoms with Gasteiger partial charge in [0.15, 0.2) is 6.61 Å². The number of hydrogen-bond acceptors (Lipinski definition) is 3. The summed E-state index contributed by atoms with van der Waals surface area (Å²) in [7, 11) is 0. The summed E-state index contributed by atoms with van der Waals surface area (Å²) in [6.07, 6.45) is 7.41. The average Bonchev–Trinajstić information content (AvgIpc) is 2.61. The number of carboxylic acid groups (broad SMARTS) is 1. The van der Waals surface area contributed by atoms with Crippen LogP contribution in [0, 0.1) is 11.8 Å². The number of carbonyl (C=O) groups excluding carboxylic acids is 1. The van der Waals surface area contributed by atoms with Gasteiger partial charge in [-0.05, 0) is 37.0 Å². The predicted molar refractivity (Wildman–Crippen MR) is 96.5 cm³/mol. The number of hydrogen-bond donors (Lipinski definition) is 2. The third-order valence-electron chi connectivity index (χ3n) is 4.96. The van der Waals surface area contributed by atoms with Gasteiger partial charge in [0.05, 0.1) is 6.04 Å². The van der Waals surface area contributed by atoms with Gasteiger partial charge < -0.3 is 15.2 Å². The molecule has 1 aromatic rings. The van der Waals surface area contributed by atoms with E-state index < -0.39 is 5.97 Å². The summed E-state index contributed by atoms with van der Waals surface area (Å²) in [4.78, 5) is 22.9. The molecule has 5 heteroatoms. The van der Waals surface area contributed by atoms with Crippen molar-refractivity contribution in [2.45, 2.75) is 58.4 Å². The maximum Gasteiger partial charge on any atom is 0.341 e. The first-order chi connectivity index (χ1) is 12.0. The molecular formula is C20H29NO4. The lowest BCUT2D eigenvalue weighted by Gasteiger charge is -2.25. The molecule has 1 aromatic carbocycles. The Balaban J connectivity index is 1.82. The molecule has 25 heavy (non-hydrogen) atoms. The van der Waals surface area contributed by atoms with Crippen molar-refractivity contribution < 1.29 is 19.4 Å². The zero-order valence-electron chi connectivity index (χ0n) is 15.2. The van der Waals surface area contributed by atoms with E-state index in [1.807, 2.05) is 26.0 Å². The van der Waals surface area contributed by atoms with Gasteiger partial charge in [-0.15, -0.1) is 0 Å². The van der Waals surface area contributed by atoms with E-state index in [4.69, 9.17) is 9.84 Å². The molecule has 2 N–H and O–H groups in total. The summed E-state index contributed by atoms with van der Waals surface area (Å²) < 4.78 is 5.12. The number of ether oxygens (including phenoxy) is 1. The van der Waals surface area contributed by atoms with E-state index in [2.05, 4.69) is 5.32 Å². The molecule has 0 bridgehead atoms. The second kappa shape index (κ2) is 9.44. The van der Waals surface area contributed by atoms with Crippen molar-refractivity contribution in [3.05, 3.63) is 29.8 Å². The van der Waals surface area contributed by atoms with Gasteiger partial charge in [-0.2, -0.15) is 0 Å². The first-order valence-corrected chi connectivity index (χ1v) is 9.20. The van der Waals surface area contributed by atoms with Crippen LogP contribution in [0.1, 0.15) is 64.0 Å². The largest absolute Gasteiger partial charge is 0.482 e. The van der Waals surface area contributed by atoms with E-state index in [-0.39, 0.29) is 24.5 Å². The molecule has 1 saturated carbocycles. The van der Waals surface area contributed by atoms with E-state index in [1.165, 1.54) is 32.1 Å². The smallest absolute Gasteiger partial charge is 0.341 e. The Hall–Kier alpha value is -2.04. The predicted octanol–water partition coefficient (Wildman–Crippen LogP) is 3.93. The van der Waals surface area contributed by atoms with Crippen molar-refractivity contribution in [1.82, 2.24) is 5.32 Å². The maximum atomic E-state index is 12.4. The molecule has 1 aliphatic carbocycles. The third-order valence-corrected chi connectivity index (χ3v) is 4.96. The maximum absolute atomic E-state index is 12.4. The highest BCUT2D eigenvalue weighted by Gasteiger charge is 2.22. The Bertz CT molecular complexity index is 564. The first kappa shape index (κ1) is 19.3. The van der Waals surface area contributed by atoms with E-state index in [0.29, 0.717) is 11.7 Å². The van der Waals surface area contributed by atoms with Crippen LogP contribution in [0.25, 0.3) is 0 Å². The molecule has 1 fully saturated rings. The van der Waals surface area contributed by atoms with Crippen LogP contribution >= 0.6 is 0 Å². The highest BCUT2D eigenvalue weighted by molar-refractivity contribution is 5.78. The van der Waals surface area contributed by atoms with Crippen molar-refractivity contribution in [3.8, 4) is 5.75 Å². The zero-order valence-corrected chi connectivity index (χ0v) is 15.2. The van der Waals surface area contributed by atoms with Gasteiger partial charge in [-0.3, -0.25) is 4.79 Å². The zero-order chi connectivity index (χ0) is 18.2. The Kier molecular flexibility index (Phi) is 7.29. The van der Waals surface area contributed by atoms with Crippen LogP contribution in [0.2, 0.25) is 0 Å². The summed E-state index contributed by atoms with van der Waals surface area (Å²) in [6.45, 7) is 3.61. The van der Waals surface area contributed by atoms with Crippen LogP contribution in [0.3, 0.4) is 0 Å². The second-order valence-corrected chi connectivity index (χ2v) is 7.12. The van der Waals surface area contributed by atoms with Gasteiger partial charge in [0.1, 0.15) is 5.75 Å². The normalized spacial score (nSPS) is 17.5. The fourth-order valence-electron chi connectivity index (χ4n) is 3.47. The van der Waals surface area contributed by atoms with Gasteiger partial charge in [0, 0.05) is 5.92 Å². The molecular weight excluding hydrogens is 318 g/mol. The molecule has 2 atom stereocenters. The van der Waals surface area contributed by atoms with Gasteiger partial charge >= 0.3 is 5.97 Å². The summed E-state index contributed by atoms with van der Waals surface area (Å²) in [5, 5.41) is 11.7. The fraction of sp³-hybridized carbons (Fsp3) is 0.600. The average molecular weight is 347 g/mol. The van der Waals surface area contributed by atoms with E-state index >= 15 is 0 Å². The molecule has 0 saturated heterocycles. The van der Waals surface area contributed by atoms with E-state index in [0.717, 1.165) is 12.0 Å². The molecule has 0 radical (unpaired) electrons. The molecule has 0 aromatic heterocycles. The quantitative estimate of drug-likeness (QED) is 0.747. The molecule has 138 valence electrons. The highest BCUT2D eigenvalue weighted by Crippen LogP contribution is 2.29. The van der Waals surface area contributed by atoms with Crippen molar-refractivity contribution in [2.75, 3.05) is 6.61 Å². The number of nitrogens with one attached hydrogen (secondary N) is 1. The van der Waals surface area contributed by atoms with Crippen molar-refractivity contribution in [1.29, 1.82) is 0 Å². The highest BCUT2D eigenvalue weighted by atomic mass is 16.5. The standard InChI is InChI=1S/C20H29NO4/c1-14(12-16-6-4-3-5-7-16)20(24)21-15(2)17-8-10-18(11-9-17)25-13-19(22)23/h8-11,14-16H,3-7,12-13H2,1-2H3,(H,21,24)(H,22,23). The Labute approximate surface area is 149 Å². The van der Waals surface area contributed by atoms with Crippen LogP contribution in [0.15, 0.2) is 24.3 Å². The summed E-state index contributed by atoms with van der Waals surface area (Å²) in [6, 6.07) is 7.08. The second-order valence-electron chi connectivity index (χ2n) is 7.12. The minimum Gasteiger partial charge on any atom is -0.482 e. The van der Waals surface area contributed by atoms with Gasteiger partial charge in [0.25, 0.3) is 0 Å². The molecule has 2 unspecified atom stereocenters. The summed E-state index contributed by atoms with van der Waals surface area (Å²) in [5.74, 6) is 0.329. The lowest BCUT2D eigenvalue weighted by Crippen LogP contribution is -2.32. The topological polar surface area (TPSA) is 75.6 Å². The number of aliphatic carboxylic acids is 1. The van der Waals surface area contributed by atoms with Crippen LogP contribution in [0.4, 0.5) is 0 Å². The molecule has 1 aliphatic rings. The first-order valence-electron chi connectivity index (χ1n) is 9.20. The monoisotopic (exact) mass is 347 g/mol. The molecule has 2 rings (SSSR count). The van der Waals surface area contributed by atoms with Crippen molar-refractivity contribution in [2.24, 2.45) is 11.8 Å². The lowest BCUT2D eigenvalue weighted by atomic mass is 9.83.